The smallest absolute Gasteiger partial charge is 0.263 e. The second-order valence-corrected chi connectivity index (χ2v) is 7.96. The van der Waals surface area contributed by atoms with Crippen molar-refractivity contribution in [2.75, 3.05) is 31.2 Å². The van der Waals surface area contributed by atoms with Crippen LogP contribution in [0.4, 0.5) is 20.2 Å². The van der Waals surface area contributed by atoms with Crippen LogP contribution in [0.15, 0.2) is 60.0 Å². The zero-order valence-electron chi connectivity index (χ0n) is 18.5. The molecule has 1 aliphatic rings. The molecule has 0 amide bonds. The van der Waals surface area contributed by atoms with E-state index in [-0.39, 0.29) is 11.4 Å². The molecule has 0 aliphatic carbocycles. The number of alkyl halides is 2. The number of pyridine rings is 1. The largest absolute Gasteiger partial charge is 0.383 e. The highest BCUT2D eigenvalue weighted by molar-refractivity contribution is 5.99. The number of aromatic nitrogens is 4. The lowest BCUT2D eigenvalue weighted by molar-refractivity contribution is 0.123. The van der Waals surface area contributed by atoms with Gasteiger partial charge >= 0.3 is 0 Å². The summed E-state index contributed by atoms with van der Waals surface area (Å²) in [6.07, 6.45) is 2.55. The number of rotatable bonds is 5. The minimum atomic E-state index is -2.58. The number of amidine groups is 1. The third-order valence-electron chi connectivity index (χ3n) is 5.72. The fraction of sp³-hybridized carbons (Fsp3) is 0.250. The summed E-state index contributed by atoms with van der Waals surface area (Å²) in [5, 5.41) is 4.72. The Morgan fingerprint density at radius 1 is 1.15 bits per heavy atom. The van der Waals surface area contributed by atoms with Gasteiger partial charge in [-0.05, 0) is 25.1 Å². The first-order valence-corrected chi connectivity index (χ1v) is 10.9. The van der Waals surface area contributed by atoms with Crippen molar-refractivity contribution in [2.45, 2.75) is 13.3 Å². The molecule has 10 heteroatoms. The minimum Gasteiger partial charge on any atom is -0.383 e. The first-order valence-electron chi connectivity index (χ1n) is 10.9. The number of aryl methyl sites for hydroxylation is 1. The minimum absolute atomic E-state index is 0.105. The van der Waals surface area contributed by atoms with Crippen LogP contribution < -0.4 is 10.6 Å². The van der Waals surface area contributed by atoms with Gasteiger partial charge in [0.25, 0.3) is 6.43 Å². The van der Waals surface area contributed by atoms with Crippen molar-refractivity contribution in [1.82, 2.24) is 19.6 Å². The first kappa shape index (κ1) is 21.9. The van der Waals surface area contributed by atoms with Gasteiger partial charge in [-0.1, -0.05) is 18.2 Å². The monoisotopic (exact) mass is 463 g/mol. The molecule has 0 bridgehead atoms. The molecule has 5 rings (SSSR count). The number of fused-ring (bicyclic) bond motifs is 1. The number of nitrogens with two attached hydrogens (primary N) is 1. The number of imidazole rings is 1. The standard InChI is InChI=1S/C24H23F2N7O/c1-15-19(12-18(14-29-15)30-23(27)17-4-2-3-16(11-17)22(25)26)20-13-21(32-7-9-34-10-8-32)24-28-5-6-33(24)31-20/h2-6,11-14,22H,7-10H2,1H3,(H2,27,30). The SMILES string of the molecule is Cc1ncc(N=C(N)c2cccc(C(F)F)c2)cc1-c1cc(N2CCOCC2)c2nccn2n1. The highest BCUT2D eigenvalue weighted by Crippen LogP contribution is 2.30. The van der Waals surface area contributed by atoms with E-state index in [9.17, 15) is 8.78 Å². The van der Waals surface area contributed by atoms with E-state index in [2.05, 4.69) is 19.9 Å². The molecule has 3 aromatic heterocycles. The Morgan fingerprint density at radius 2 is 1.97 bits per heavy atom. The van der Waals surface area contributed by atoms with Crippen molar-refractivity contribution in [1.29, 1.82) is 0 Å². The van der Waals surface area contributed by atoms with E-state index >= 15 is 0 Å². The molecule has 0 spiro atoms. The molecule has 174 valence electrons. The number of aliphatic imine (C=N–C) groups is 1. The van der Waals surface area contributed by atoms with E-state index in [1.54, 1.807) is 23.0 Å². The molecule has 1 fully saturated rings. The van der Waals surface area contributed by atoms with Crippen LogP contribution in [0.2, 0.25) is 0 Å². The fourth-order valence-corrected chi connectivity index (χ4v) is 3.95. The Morgan fingerprint density at radius 3 is 2.76 bits per heavy atom. The summed E-state index contributed by atoms with van der Waals surface area (Å²) in [7, 11) is 0. The average molecular weight is 463 g/mol. The lowest BCUT2D eigenvalue weighted by Crippen LogP contribution is -2.36. The van der Waals surface area contributed by atoms with Crippen molar-refractivity contribution in [2.24, 2.45) is 10.7 Å². The van der Waals surface area contributed by atoms with Gasteiger partial charge in [0, 0.05) is 47.9 Å². The number of anilines is 1. The third kappa shape index (κ3) is 4.32. The lowest BCUT2D eigenvalue weighted by atomic mass is 10.1. The van der Waals surface area contributed by atoms with Crippen LogP contribution in [-0.4, -0.2) is 51.7 Å². The number of nitrogens with zero attached hydrogens (tertiary/aromatic N) is 6. The van der Waals surface area contributed by atoms with Crippen LogP contribution in [0.3, 0.4) is 0 Å². The van der Waals surface area contributed by atoms with Crippen molar-refractivity contribution in [3.05, 3.63) is 71.8 Å². The molecule has 1 aliphatic heterocycles. The lowest BCUT2D eigenvalue weighted by Gasteiger charge is -2.29. The summed E-state index contributed by atoms with van der Waals surface area (Å²) in [4.78, 5) is 15.6. The molecule has 0 unspecified atom stereocenters. The number of halogens is 2. The van der Waals surface area contributed by atoms with Crippen LogP contribution in [-0.2, 0) is 4.74 Å². The fourth-order valence-electron chi connectivity index (χ4n) is 3.95. The highest BCUT2D eigenvalue weighted by Gasteiger charge is 2.19. The Bertz CT molecular complexity index is 1360. The summed E-state index contributed by atoms with van der Waals surface area (Å²) >= 11 is 0. The van der Waals surface area contributed by atoms with E-state index in [1.165, 1.54) is 18.2 Å². The van der Waals surface area contributed by atoms with Gasteiger partial charge < -0.3 is 15.4 Å². The van der Waals surface area contributed by atoms with E-state index < -0.39 is 6.43 Å². The number of ether oxygens (including phenoxy) is 1. The third-order valence-corrected chi connectivity index (χ3v) is 5.72. The van der Waals surface area contributed by atoms with Gasteiger partial charge in [0.1, 0.15) is 5.84 Å². The second-order valence-electron chi connectivity index (χ2n) is 7.96. The molecule has 1 aromatic carbocycles. The average Bonchev–Trinajstić information content (AvgIpc) is 3.34. The Labute approximate surface area is 194 Å². The maximum absolute atomic E-state index is 13.1. The van der Waals surface area contributed by atoms with Gasteiger partial charge in [0.15, 0.2) is 5.65 Å². The van der Waals surface area contributed by atoms with Gasteiger partial charge in [-0.2, -0.15) is 5.10 Å². The van der Waals surface area contributed by atoms with Gasteiger partial charge in [-0.25, -0.2) is 23.3 Å². The van der Waals surface area contributed by atoms with Crippen LogP contribution >= 0.6 is 0 Å². The molecule has 8 nitrogen and oxygen atoms in total. The Kier molecular flexibility index (Phi) is 5.89. The number of benzene rings is 1. The zero-order valence-corrected chi connectivity index (χ0v) is 18.5. The van der Waals surface area contributed by atoms with Gasteiger partial charge in [-0.3, -0.25) is 4.98 Å². The molecule has 4 aromatic rings. The predicted octanol–water partition coefficient (Wildman–Crippen LogP) is 3.91. The summed E-state index contributed by atoms with van der Waals surface area (Å²) in [5.41, 5.74) is 11.0. The molecular weight excluding hydrogens is 440 g/mol. The molecular formula is C24H23F2N7O. The Hall–Kier alpha value is -3.92. The molecule has 0 radical (unpaired) electrons. The van der Waals surface area contributed by atoms with Crippen molar-refractivity contribution in [3.63, 3.8) is 0 Å². The summed E-state index contributed by atoms with van der Waals surface area (Å²) in [6, 6.07) is 9.74. The topological polar surface area (TPSA) is 93.9 Å². The van der Waals surface area contributed by atoms with E-state index in [1.807, 2.05) is 25.3 Å². The van der Waals surface area contributed by atoms with Gasteiger partial charge in [0.2, 0.25) is 0 Å². The normalized spacial score (nSPS) is 14.8. The molecule has 2 N–H and O–H groups in total. The molecule has 0 atom stereocenters. The summed E-state index contributed by atoms with van der Waals surface area (Å²) in [6.45, 7) is 4.73. The van der Waals surface area contributed by atoms with E-state index in [0.717, 1.165) is 35.7 Å². The predicted molar refractivity (Wildman–Crippen MR) is 126 cm³/mol. The summed E-state index contributed by atoms with van der Waals surface area (Å²) in [5.74, 6) is 0.131. The maximum atomic E-state index is 13.1. The quantitative estimate of drug-likeness (QED) is 0.356. The Balaban J connectivity index is 1.54. The van der Waals surface area contributed by atoms with Crippen LogP contribution in [0.1, 0.15) is 23.2 Å². The zero-order chi connectivity index (χ0) is 23.7. The van der Waals surface area contributed by atoms with Crippen LogP contribution in [0.5, 0.6) is 0 Å². The van der Waals surface area contributed by atoms with Crippen molar-refractivity contribution < 1.29 is 13.5 Å². The molecule has 1 saturated heterocycles. The first-order chi connectivity index (χ1) is 16.5. The molecule has 4 heterocycles. The van der Waals surface area contributed by atoms with E-state index in [0.29, 0.717) is 30.2 Å². The highest BCUT2D eigenvalue weighted by atomic mass is 19.3. The van der Waals surface area contributed by atoms with Crippen molar-refractivity contribution >= 4 is 22.9 Å². The van der Waals surface area contributed by atoms with Crippen LogP contribution in [0.25, 0.3) is 16.9 Å². The van der Waals surface area contributed by atoms with Crippen LogP contribution in [0, 0.1) is 6.92 Å². The van der Waals surface area contributed by atoms with Gasteiger partial charge in [0.05, 0.1) is 36.5 Å². The summed E-state index contributed by atoms with van der Waals surface area (Å²) < 4.78 is 33.4. The molecule has 34 heavy (non-hydrogen) atoms. The van der Waals surface area contributed by atoms with E-state index in [4.69, 9.17) is 15.6 Å². The second kappa shape index (κ2) is 9.14. The van der Waals surface area contributed by atoms with Gasteiger partial charge in [-0.15, -0.1) is 0 Å². The number of hydrogen-bond acceptors (Lipinski definition) is 6. The molecule has 0 saturated carbocycles. The van der Waals surface area contributed by atoms with Crippen molar-refractivity contribution in [3.8, 4) is 11.3 Å². The maximum Gasteiger partial charge on any atom is 0.263 e. The number of hydrogen-bond donors (Lipinski definition) is 1. The number of morpholine rings is 1.